The number of rotatable bonds is 4. The van der Waals surface area contributed by atoms with E-state index in [1.54, 1.807) is 36.4 Å². The summed E-state index contributed by atoms with van der Waals surface area (Å²) in [6.45, 7) is 2.04. The monoisotopic (exact) mass is 417 g/mol. The van der Waals surface area contributed by atoms with Gasteiger partial charge < -0.3 is 5.11 Å². The fourth-order valence-electron chi connectivity index (χ4n) is 3.71. The Hall–Kier alpha value is -3.37. The molecule has 0 spiro atoms. The van der Waals surface area contributed by atoms with Crippen molar-refractivity contribution in [2.75, 3.05) is 4.90 Å². The number of nitrogens with zero attached hydrogens (tertiary/aromatic N) is 1. The second-order valence-corrected chi connectivity index (χ2v) is 7.54. The Morgan fingerprint density at radius 2 is 1.57 bits per heavy atom. The standard InChI is InChI=1S/C25H20ClNO3/c1-2-16-8-10-18(11-9-16)23(28)21-22(17-6-4-3-5-7-17)27(25(30)24(21)29)20-14-12-19(26)13-15-20/h3-15,22,28H,2H2,1H3/b23-21+. The molecule has 4 rings (SSSR count). The third kappa shape index (κ3) is 3.51. The van der Waals surface area contributed by atoms with Crippen molar-refractivity contribution < 1.29 is 14.7 Å². The second-order valence-electron chi connectivity index (χ2n) is 7.11. The first kappa shape index (κ1) is 19.9. The van der Waals surface area contributed by atoms with Crippen LogP contribution in [0.4, 0.5) is 5.69 Å². The number of hydrogen-bond donors (Lipinski definition) is 1. The van der Waals surface area contributed by atoms with Gasteiger partial charge in [-0.2, -0.15) is 0 Å². The number of ketones is 1. The minimum absolute atomic E-state index is 0.0744. The van der Waals surface area contributed by atoms with Crippen molar-refractivity contribution in [3.63, 3.8) is 0 Å². The summed E-state index contributed by atoms with van der Waals surface area (Å²) in [4.78, 5) is 27.5. The highest BCUT2D eigenvalue weighted by Gasteiger charge is 2.46. The molecule has 5 heteroatoms. The van der Waals surface area contributed by atoms with E-state index in [4.69, 9.17) is 11.6 Å². The average molecular weight is 418 g/mol. The molecule has 1 N–H and O–H groups in total. The molecule has 3 aromatic rings. The molecule has 1 atom stereocenters. The Morgan fingerprint density at radius 3 is 2.17 bits per heavy atom. The molecule has 0 aliphatic carbocycles. The average Bonchev–Trinajstić information content (AvgIpc) is 3.05. The Labute approximate surface area is 180 Å². The maximum atomic E-state index is 13.0. The molecule has 0 saturated carbocycles. The van der Waals surface area contributed by atoms with E-state index >= 15 is 0 Å². The number of halogens is 1. The molecule has 30 heavy (non-hydrogen) atoms. The highest BCUT2D eigenvalue weighted by molar-refractivity contribution is 6.51. The maximum Gasteiger partial charge on any atom is 0.300 e. The van der Waals surface area contributed by atoms with Crippen LogP contribution in [0.15, 0.2) is 84.4 Å². The number of carbonyl (C=O) groups excluding carboxylic acids is 2. The van der Waals surface area contributed by atoms with Gasteiger partial charge >= 0.3 is 0 Å². The fraction of sp³-hybridized carbons (Fsp3) is 0.120. The number of amides is 1. The Kier molecular flexibility index (Phi) is 5.42. The maximum absolute atomic E-state index is 13.0. The van der Waals surface area contributed by atoms with Crippen molar-refractivity contribution in [3.05, 3.63) is 106 Å². The van der Waals surface area contributed by atoms with Gasteiger partial charge in [-0.1, -0.05) is 73.1 Å². The molecule has 1 aliphatic rings. The van der Waals surface area contributed by atoms with Crippen molar-refractivity contribution in [1.82, 2.24) is 0 Å². The van der Waals surface area contributed by atoms with Crippen LogP contribution >= 0.6 is 11.6 Å². The molecule has 0 bridgehead atoms. The van der Waals surface area contributed by atoms with Gasteiger partial charge in [0.15, 0.2) is 0 Å². The number of carbonyl (C=O) groups is 2. The Bertz CT molecular complexity index is 1120. The Morgan fingerprint density at radius 1 is 0.933 bits per heavy atom. The fourth-order valence-corrected chi connectivity index (χ4v) is 3.83. The molecule has 1 amide bonds. The lowest BCUT2D eigenvalue weighted by Gasteiger charge is -2.25. The summed E-state index contributed by atoms with van der Waals surface area (Å²) in [5.74, 6) is -1.57. The van der Waals surface area contributed by atoms with E-state index in [9.17, 15) is 14.7 Å². The molecule has 1 heterocycles. The van der Waals surface area contributed by atoms with Crippen molar-refractivity contribution in [2.24, 2.45) is 0 Å². The molecule has 4 nitrogen and oxygen atoms in total. The largest absolute Gasteiger partial charge is 0.507 e. The summed E-state index contributed by atoms with van der Waals surface area (Å²) >= 11 is 6.00. The van der Waals surface area contributed by atoms with Crippen molar-refractivity contribution in [3.8, 4) is 0 Å². The topological polar surface area (TPSA) is 57.6 Å². The summed E-state index contributed by atoms with van der Waals surface area (Å²) in [7, 11) is 0. The first-order chi connectivity index (χ1) is 14.5. The van der Waals surface area contributed by atoms with Gasteiger partial charge in [0, 0.05) is 16.3 Å². The highest BCUT2D eigenvalue weighted by atomic mass is 35.5. The SMILES string of the molecule is CCc1ccc(/C(O)=C2\C(=O)C(=O)N(c3ccc(Cl)cc3)C2c2ccccc2)cc1. The molecule has 0 aromatic heterocycles. The lowest BCUT2D eigenvalue weighted by molar-refractivity contribution is -0.132. The lowest BCUT2D eigenvalue weighted by Crippen LogP contribution is -2.29. The minimum Gasteiger partial charge on any atom is -0.507 e. The van der Waals surface area contributed by atoms with Crippen molar-refractivity contribution in [1.29, 1.82) is 0 Å². The predicted octanol–water partition coefficient (Wildman–Crippen LogP) is 5.53. The summed E-state index contributed by atoms with van der Waals surface area (Å²) in [6, 6.07) is 22.6. The van der Waals surface area contributed by atoms with Gasteiger partial charge in [0.2, 0.25) is 0 Å². The highest BCUT2D eigenvalue weighted by Crippen LogP contribution is 2.42. The van der Waals surface area contributed by atoms with E-state index in [-0.39, 0.29) is 11.3 Å². The summed E-state index contributed by atoms with van der Waals surface area (Å²) in [5, 5.41) is 11.6. The van der Waals surface area contributed by atoms with E-state index in [0.717, 1.165) is 17.5 Å². The molecule has 1 aliphatic heterocycles. The molecule has 3 aromatic carbocycles. The van der Waals surface area contributed by atoms with E-state index in [0.29, 0.717) is 16.3 Å². The number of hydrogen-bond acceptors (Lipinski definition) is 3. The zero-order chi connectivity index (χ0) is 21.3. The van der Waals surface area contributed by atoms with Gasteiger partial charge in [0.05, 0.1) is 11.6 Å². The summed E-state index contributed by atoms with van der Waals surface area (Å²) in [5.41, 5.74) is 2.97. The van der Waals surface area contributed by atoms with Gasteiger partial charge in [0.25, 0.3) is 11.7 Å². The van der Waals surface area contributed by atoms with Crippen LogP contribution in [-0.4, -0.2) is 16.8 Å². The van der Waals surface area contributed by atoms with Crippen LogP contribution in [0.2, 0.25) is 5.02 Å². The molecular formula is C25H20ClNO3. The molecule has 1 unspecified atom stereocenters. The summed E-state index contributed by atoms with van der Waals surface area (Å²) < 4.78 is 0. The van der Waals surface area contributed by atoms with Crippen LogP contribution in [0.5, 0.6) is 0 Å². The van der Waals surface area contributed by atoms with Crippen LogP contribution in [0, 0.1) is 0 Å². The van der Waals surface area contributed by atoms with Crippen LogP contribution in [-0.2, 0) is 16.0 Å². The quantitative estimate of drug-likeness (QED) is 0.345. The molecule has 0 radical (unpaired) electrons. The number of aliphatic hydroxyl groups is 1. The smallest absolute Gasteiger partial charge is 0.300 e. The molecule has 1 saturated heterocycles. The number of anilines is 1. The first-order valence-electron chi connectivity index (χ1n) is 9.72. The first-order valence-corrected chi connectivity index (χ1v) is 10.1. The third-order valence-electron chi connectivity index (χ3n) is 5.30. The zero-order valence-corrected chi connectivity index (χ0v) is 17.1. The van der Waals surface area contributed by atoms with Gasteiger partial charge in [-0.3, -0.25) is 14.5 Å². The van der Waals surface area contributed by atoms with Gasteiger partial charge in [0.1, 0.15) is 5.76 Å². The summed E-state index contributed by atoms with van der Waals surface area (Å²) in [6.07, 6.45) is 0.867. The van der Waals surface area contributed by atoms with E-state index < -0.39 is 17.7 Å². The zero-order valence-electron chi connectivity index (χ0n) is 16.4. The normalized spacial score (nSPS) is 18.1. The van der Waals surface area contributed by atoms with Crippen molar-refractivity contribution >= 4 is 34.7 Å². The third-order valence-corrected chi connectivity index (χ3v) is 5.55. The van der Waals surface area contributed by atoms with E-state index in [2.05, 4.69) is 0 Å². The van der Waals surface area contributed by atoms with Crippen LogP contribution in [0.1, 0.15) is 29.7 Å². The molecule has 150 valence electrons. The number of aliphatic hydroxyl groups excluding tert-OH is 1. The minimum atomic E-state index is -0.738. The number of Topliss-reactive ketones (excluding diaryl/α,β-unsaturated/α-hetero) is 1. The Balaban J connectivity index is 1.90. The van der Waals surface area contributed by atoms with Crippen LogP contribution < -0.4 is 4.90 Å². The van der Waals surface area contributed by atoms with Crippen LogP contribution in [0.3, 0.4) is 0 Å². The van der Waals surface area contributed by atoms with Gasteiger partial charge in [-0.15, -0.1) is 0 Å². The number of aryl methyl sites for hydroxylation is 1. The van der Waals surface area contributed by atoms with Gasteiger partial charge in [-0.25, -0.2) is 0 Å². The predicted molar refractivity (Wildman–Crippen MR) is 118 cm³/mol. The van der Waals surface area contributed by atoms with Crippen LogP contribution in [0.25, 0.3) is 5.76 Å². The van der Waals surface area contributed by atoms with Crippen molar-refractivity contribution in [2.45, 2.75) is 19.4 Å². The molecular weight excluding hydrogens is 398 g/mol. The van der Waals surface area contributed by atoms with E-state index in [1.807, 2.05) is 49.4 Å². The lowest BCUT2D eigenvalue weighted by atomic mass is 9.95. The molecule has 1 fully saturated rings. The van der Waals surface area contributed by atoms with Gasteiger partial charge in [-0.05, 0) is 41.8 Å². The second kappa shape index (κ2) is 8.17. The van der Waals surface area contributed by atoms with E-state index in [1.165, 1.54) is 4.90 Å². The number of benzene rings is 3.